The lowest BCUT2D eigenvalue weighted by atomic mass is 9.90. The summed E-state index contributed by atoms with van der Waals surface area (Å²) in [4.78, 5) is 38.3. The number of methoxy groups -OCH3 is 1. The second-order valence-electron chi connectivity index (χ2n) is 9.34. The molecule has 1 aromatic rings. The van der Waals surface area contributed by atoms with Gasteiger partial charge in [0.2, 0.25) is 11.8 Å². The third kappa shape index (κ3) is 5.09. The predicted octanol–water partition coefficient (Wildman–Crippen LogP) is 2.23. The Morgan fingerprint density at radius 2 is 1.93 bits per heavy atom. The van der Waals surface area contributed by atoms with Crippen molar-refractivity contribution < 1.29 is 14.3 Å². The fourth-order valence-electron chi connectivity index (χ4n) is 4.21. The molecule has 0 aliphatic carbocycles. The number of hydrogen-bond donors (Lipinski definition) is 1. The van der Waals surface area contributed by atoms with E-state index in [-0.39, 0.29) is 29.1 Å². The molecule has 166 valence electrons. The fraction of sp³-hybridized carbons (Fsp3) is 0.727. The minimum atomic E-state index is -0.355. The third-order valence-corrected chi connectivity index (χ3v) is 6.01. The molecule has 2 aliphatic heterocycles. The van der Waals surface area contributed by atoms with E-state index >= 15 is 0 Å². The summed E-state index contributed by atoms with van der Waals surface area (Å²) >= 11 is 0. The van der Waals surface area contributed by atoms with Crippen molar-refractivity contribution in [3.8, 4) is 0 Å². The summed E-state index contributed by atoms with van der Waals surface area (Å²) in [7, 11) is 3.50. The van der Waals surface area contributed by atoms with Gasteiger partial charge in [-0.15, -0.1) is 0 Å². The Morgan fingerprint density at radius 3 is 2.53 bits per heavy atom. The van der Waals surface area contributed by atoms with Crippen LogP contribution in [-0.4, -0.2) is 78.5 Å². The highest BCUT2D eigenvalue weighted by molar-refractivity contribution is 5.81. The van der Waals surface area contributed by atoms with Gasteiger partial charge in [-0.3, -0.25) is 9.59 Å². The lowest BCUT2D eigenvalue weighted by Gasteiger charge is -2.35. The smallest absolute Gasteiger partial charge is 0.227 e. The molecule has 1 aromatic heterocycles. The zero-order chi connectivity index (χ0) is 21.9. The number of ether oxygens (including phenoxy) is 1. The summed E-state index contributed by atoms with van der Waals surface area (Å²) in [5.41, 5.74) is 0.567. The van der Waals surface area contributed by atoms with E-state index in [2.05, 4.69) is 5.32 Å². The predicted molar refractivity (Wildman–Crippen MR) is 115 cm³/mol. The molecule has 0 radical (unpaired) electrons. The number of nitrogens with one attached hydrogen (secondary N) is 1. The average molecular weight is 418 g/mol. The molecule has 0 saturated carbocycles. The van der Waals surface area contributed by atoms with E-state index in [1.54, 1.807) is 7.11 Å². The number of anilines is 1. The quantitative estimate of drug-likeness (QED) is 0.764. The van der Waals surface area contributed by atoms with E-state index in [0.717, 1.165) is 43.3 Å². The molecule has 8 nitrogen and oxygen atoms in total. The highest BCUT2D eigenvalue weighted by Crippen LogP contribution is 2.32. The van der Waals surface area contributed by atoms with Gasteiger partial charge in [0.25, 0.3) is 0 Å². The molecule has 2 saturated heterocycles. The van der Waals surface area contributed by atoms with Crippen molar-refractivity contribution in [3.63, 3.8) is 0 Å². The van der Waals surface area contributed by atoms with Crippen LogP contribution in [0.2, 0.25) is 0 Å². The molecular weight excluding hydrogens is 382 g/mol. The number of carbonyl (C=O) groups is 2. The molecule has 0 unspecified atom stereocenters. The van der Waals surface area contributed by atoms with Crippen LogP contribution in [0.5, 0.6) is 0 Å². The summed E-state index contributed by atoms with van der Waals surface area (Å²) in [6.45, 7) is 9.18. The highest BCUT2D eigenvalue weighted by Gasteiger charge is 2.34. The molecule has 1 atom stereocenters. The Morgan fingerprint density at radius 1 is 1.23 bits per heavy atom. The molecule has 0 bridgehead atoms. The van der Waals surface area contributed by atoms with Crippen molar-refractivity contribution >= 4 is 17.6 Å². The van der Waals surface area contributed by atoms with Crippen LogP contribution in [0.3, 0.4) is 0 Å². The Hall–Kier alpha value is -2.22. The van der Waals surface area contributed by atoms with Gasteiger partial charge in [0.15, 0.2) is 0 Å². The molecule has 1 N–H and O–H groups in total. The van der Waals surface area contributed by atoms with Crippen LogP contribution in [0.4, 0.5) is 5.82 Å². The standard InChI is InChI=1S/C22H35N5O3/c1-22(2,3)21(29)26-8-6-15(7-9-26)20-24-17(13-18(23-4)25-20)16-12-19(28)27(14-16)10-11-30-5/h13,15-16H,6-12,14H2,1-5H3,(H,23,24,25)/t16-/m1/s1. The van der Waals surface area contributed by atoms with Gasteiger partial charge in [0.05, 0.1) is 12.3 Å². The van der Waals surface area contributed by atoms with E-state index in [0.29, 0.717) is 26.1 Å². The summed E-state index contributed by atoms with van der Waals surface area (Å²) in [6, 6.07) is 1.96. The minimum absolute atomic E-state index is 0.0748. The summed E-state index contributed by atoms with van der Waals surface area (Å²) < 4.78 is 5.12. The Bertz CT molecular complexity index is 769. The first kappa shape index (κ1) is 22.5. The van der Waals surface area contributed by atoms with Crippen LogP contribution >= 0.6 is 0 Å². The van der Waals surface area contributed by atoms with E-state index in [9.17, 15) is 9.59 Å². The van der Waals surface area contributed by atoms with Gasteiger partial charge in [-0.1, -0.05) is 20.8 Å². The normalized spacial score (nSPS) is 20.7. The van der Waals surface area contributed by atoms with Gasteiger partial charge in [0.1, 0.15) is 11.6 Å². The van der Waals surface area contributed by atoms with Crippen LogP contribution in [0, 0.1) is 5.41 Å². The van der Waals surface area contributed by atoms with Crippen molar-refractivity contribution in [2.24, 2.45) is 5.41 Å². The maximum atomic E-state index is 12.6. The van der Waals surface area contributed by atoms with Crippen LogP contribution < -0.4 is 5.32 Å². The summed E-state index contributed by atoms with van der Waals surface area (Å²) in [6.07, 6.45) is 2.19. The minimum Gasteiger partial charge on any atom is -0.383 e. The number of piperidine rings is 1. The van der Waals surface area contributed by atoms with Gasteiger partial charge in [-0.05, 0) is 12.8 Å². The molecule has 8 heteroatoms. The molecule has 30 heavy (non-hydrogen) atoms. The number of nitrogens with zero attached hydrogens (tertiary/aromatic N) is 4. The van der Waals surface area contributed by atoms with Gasteiger partial charge in [-0.2, -0.15) is 0 Å². The average Bonchev–Trinajstić information content (AvgIpc) is 3.11. The summed E-state index contributed by atoms with van der Waals surface area (Å²) in [5, 5.41) is 3.14. The molecule has 2 aliphatic rings. The van der Waals surface area contributed by atoms with Gasteiger partial charge < -0.3 is 19.9 Å². The molecule has 0 aromatic carbocycles. The second-order valence-corrected chi connectivity index (χ2v) is 9.34. The number of aromatic nitrogens is 2. The zero-order valence-corrected chi connectivity index (χ0v) is 18.9. The van der Waals surface area contributed by atoms with Gasteiger partial charge >= 0.3 is 0 Å². The lowest BCUT2D eigenvalue weighted by Crippen LogP contribution is -2.43. The van der Waals surface area contributed by atoms with Gasteiger partial charge in [-0.25, -0.2) is 9.97 Å². The van der Waals surface area contributed by atoms with E-state index < -0.39 is 0 Å². The Kier molecular flexibility index (Phi) is 6.95. The first-order valence-corrected chi connectivity index (χ1v) is 10.9. The molecule has 0 spiro atoms. The van der Waals surface area contributed by atoms with Crippen molar-refractivity contribution in [1.82, 2.24) is 19.8 Å². The number of carbonyl (C=O) groups excluding carboxylic acids is 2. The van der Waals surface area contributed by atoms with Crippen LogP contribution in [0.1, 0.15) is 63.4 Å². The van der Waals surface area contributed by atoms with Crippen LogP contribution in [0.25, 0.3) is 0 Å². The number of likely N-dealkylation sites (tertiary alicyclic amines) is 2. The first-order chi connectivity index (χ1) is 14.2. The van der Waals surface area contributed by atoms with Crippen molar-refractivity contribution in [2.45, 2.75) is 51.9 Å². The van der Waals surface area contributed by atoms with Crippen LogP contribution in [0.15, 0.2) is 6.07 Å². The van der Waals surface area contributed by atoms with E-state index in [1.807, 2.05) is 43.7 Å². The Labute approximate surface area is 179 Å². The molecule has 3 heterocycles. The zero-order valence-electron chi connectivity index (χ0n) is 18.9. The fourth-order valence-corrected chi connectivity index (χ4v) is 4.21. The lowest BCUT2D eigenvalue weighted by molar-refractivity contribution is -0.140. The first-order valence-electron chi connectivity index (χ1n) is 10.9. The number of hydrogen-bond acceptors (Lipinski definition) is 6. The summed E-state index contributed by atoms with van der Waals surface area (Å²) in [5.74, 6) is 2.26. The molecular formula is C22H35N5O3. The second kappa shape index (κ2) is 9.29. The molecule has 2 fully saturated rings. The van der Waals surface area contributed by atoms with Crippen molar-refractivity contribution in [2.75, 3.05) is 52.3 Å². The van der Waals surface area contributed by atoms with Crippen LogP contribution in [-0.2, 0) is 14.3 Å². The monoisotopic (exact) mass is 417 g/mol. The van der Waals surface area contributed by atoms with E-state index in [4.69, 9.17) is 14.7 Å². The maximum Gasteiger partial charge on any atom is 0.227 e. The number of amides is 2. The SMILES string of the molecule is CNc1cc([C@@H]2CC(=O)N(CCOC)C2)nc(C2CCN(C(=O)C(C)(C)C)CC2)n1. The topological polar surface area (TPSA) is 87.7 Å². The van der Waals surface area contributed by atoms with Crippen molar-refractivity contribution in [3.05, 3.63) is 17.6 Å². The Balaban J connectivity index is 1.72. The van der Waals surface area contributed by atoms with E-state index in [1.165, 1.54) is 0 Å². The maximum absolute atomic E-state index is 12.6. The third-order valence-electron chi connectivity index (χ3n) is 6.01. The van der Waals surface area contributed by atoms with Crippen molar-refractivity contribution in [1.29, 1.82) is 0 Å². The largest absolute Gasteiger partial charge is 0.383 e. The van der Waals surface area contributed by atoms with Gasteiger partial charge in [0, 0.05) is 70.1 Å². The molecule has 2 amide bonds. The highest BCUT2D eigenvalue weighted by atomic mass is 16.5. The molecule has 3 rings (SSSR count). The number of rotatable bonds is 6.